The third-order valence-corrected chi connectivity index (χ3v) is 4.64. The summed E-state index contributed by atoms with van der Waals surface area (Å²) in [7, 11) is -4.11. The van der Waals surface area contributed by atoms with Crippen molar-refractivity contribution in [2.75, 3.05) is 11.3 Å². The number of carbonyl (C=O) groups excluding carboxylic acids is 1. The van der Waals surface area contributed by atoms with Crippen LogP contribution < -0.4 is 4.72 Å². The van der Waals surface area contributed by atoms with Gasteiger partial charge in [0.1, 0.15) is 10.7 Å². The molecule has 0 radical (unpaired) electrons. The molecule has 8 heteroatoms. The van der Waals surface area contributed by atoms with Crippen molar-refractivity contribution in [1.29, 1.82) is 0 Å². The van der Waals surface area contributed by atoms with Gasteiger partial charge >= 0.3 is 5.97 Å². The van der Waals surface area contributed by atoms with E-state index >= 15 is 0 Å². The monoisotopic (exact) mass is 371 g/mol. The van der Waals surface area contributed by atoms with Gasteiger partial charge in [-0.15, -0.1) is 0 Å². The van der Waals surface area contributed by atoms with Crippen LogP contribution >= 0.6 is 11.6 Å². The van der Waals surface area contributed by atoms with Gasteiger partial charge < -0.3 is 4.74 Å². The zero-order chi connectivity index (χ0) is 17.7. The molecule has 24 heavy (non-hydrogen) atoms. The molecular weight excluding hydrogens is 357 g/mol. The number of nitrogens with one attached hydrogen (secondary N) is 1. The van der Waals surface area contributed by atoms with Gasteiger partial charge in [0.05, 0.1) is 12.2 Å². The molecule has 5 nitrogen and oxygen atoms in total. The van der Waals surface area contributed by atoms with Crippen molar-refractivity contribution in [2.45, 2.75) is 18.2 Å². The van der Waals surface area contributed by atoms with E-state index in [1.807, 2.05) is 6.92 Å². The van der Waals surface area contributed by atoms with Gasteiger partial charge in [0.25, 0.3) is 10.0 Å². The van der Waals surface area contributed by atoms with Crippen molar-refractivity contribution in [2.24, 2.45) is 0 Å². The van der Waals surface area contributed by atoms with Crippen LogP contribution in [0.3, 0.4) is 0 Å². The minimum Gasteiger partial charge on any atom is -0.462 e. The van der Waals surface area contributed by atoms with Crippen LogP contribution in [0.1, 0.15) is 23.7 Å². The lowest BCUT2D eigenvalue weighted by molar-refractivity contribution is 0.0505. The Morgan fingerprint density at radius 1 is 1.21 bits per heavy atom. The van der Waals surface area contributed by atoms with Gasteiger partial charge in [-0.1, -0.05) is 18.5 Å². The molecular formula is C16H15ClFNO4S. The maximum atomic E-state index is 13.8. The van der Waals surface area contributed by atoms with Gasteiger partial charge in [0.2, 0.25) is 0 Å². The summed E-state index contributed by atoms with van der Waals surface area (Å²) in [5, 5.41) is 0.0985. The van der Waals surface area contributed by atoms with Gasteiger partial charge in [-0.3, -0.25) is 4.72 Å². The first-order chi connectivity index (χ1) is 11.3. The van der Waals surface area contributed by atoms with E-state index in [1.165, 1.54) is 30.3 Å². The average Bonchev–Trinajstić information content (AvgIpc) is 2.52. The van der Waals surface area contributed by atoms with E-state index < -0.39 is 26.7 Å². The topological polar surface area (TPSA) is 72.5 Å². The fourth-order valence-corrected chi connectivity index (χ4v) is 3.13. The number of sulfonamides is 1. The lowest BCUT2D eigenvalue weighted by Gasteiger charge is -2.10. The molecule has 2 rings (SSSR count). The maximum Gasteiger partial charge on any atom is 0.338 e. The molecule has 0 aliphatic carbocycles. The summed E-state index contributed by atoms with van der Waals surface area (Å²) in [5.41, 5.74) is 0.487. The highest BCUT2D eigenvalue weighted by molar-refractivity contribution is 7.92. The van der Waals surface area contributed by atoms with Gasteiger partial charge in [-0.25, -0.2) is 17.6 Å². The molecule has 0 spiro atoms. The van der Waals surface area contributed by atoms with Crippen LogP contribution in [0.4, 0.5) is 10.1 Å². The van der Waals surface area contributed by atoms with E-state index in [4.69, 9.17) is 16.3 Å². The Bertz CT molecular complexity index is 838. The standard InChI is InChI=1S/C16H15ClFNO4S/c1-2-9-23-16(20)11-3-6-13(7-4-11)19-24(21,22)15-8-5-12(17)10-14(15)18/h3-8,10,19H,2,9H2,1H3. The molecule has 0 aliphatic rings. The van der Waals surface area contributed by atoms with E-state index in [0.717, 1.165) is 12.1 Å². The number of benzene rings is 2. The number of hydrogen-bond donors (Lipinski definition) is 1. The van der Waals surface area contributed by atoms with Crippen LogP contribution in [0.5, 0.6) is 0 Å². The Hall–Kier alpha value is -2.12. The number of rotatable bonds is 6. The van der Waals surface area contributed by atoms with Crippen molar-refractivity contribution in [3.05, 3.63) is 58.9 Å². The molecule has 0 amide bonds. The molecule has 0 saturated carbocycles. The Labute approximate surface area is 144 Å². The second-order valence-electron chi connectivity index (χ2n) is 4.89. The van der Waals surface area contributed by atoms with Crippen molar-refractivity contribution in [3.8, 4) is 0 Å². The highest BCUT2D eigenvalue weighted by Gasteiger charge is 2.19. The molecule has 2 aromatic rings. The number of esters is 1. The number of anilines is 1. The van der Waals surface area contributed by atoms with Gasteiger partial charge in [0.15, 0.2) is 0 Å². The SMILES string of the molecule is CCCOC(=O)c1ccc(NS(=O)(=O)c2ccc(Cl)cc2F)cc1. The summed E-state index contributed by atoms with van der Waals surface area (Å²) >= 11 is 5.61. The minimum absolute atomic E-state index is 0.0985. The summed E-state index contributed by atoms with van der Waals surface area (Å²) in [5.74, 6) is -1.44. The van der Waals surface area contributed by atoms with Crippen molar-refractivity contribution in [3.63, 3.8) is 0 Å². The zero-order valence-corrected chi connectivity index (χ0v) is 14.3. The van der Waals surface area contributed by atoms with Crippen LogP contribution in [-0.2, 0) is 14.8 Å². The third kappa shape index (κ3) is 4.46. The summed E-state index contributed by atoms with van der Waals surface area (Å²) < 4.78 is 45.4. The molecule has 0 heterocycles. The van der Waals surface area contributed by atoms with Gasteiger partial charge in [0, 0.05) is 10.7 Å². The Balaban J connectivity index is 2.17. The van der Waals surface area contributed by atoms with E-state index in [1.54, 1.807) is 0 Å². The zero-order valence-electron chi connectivity index (χ0n) is 12.8. The number of hydrogen-bond acceptors (Lipinski definition) is 4. The first-order valence-electron chi connectivity index (χ1n) is 7.08. The summed E-state index contributed by atoms with van der Waals surface area (Å²) in [6.45, 7) is 2.18. The van der Waals surface area contributed by atoms with Crippen molar-refractivity contribution < 1.29 is 22.3 Å². The lowest BCUT2D eigenvalue weighted by Crippen LogP contribution is -2.14. The number of ether oxygens (including phenoxy) is 1. The number of halogens is 2. The lowest BCUT2D eigenvalue weighted by atomic mass is 10.2. The quantitative estimate of drug-likeness (QED) is 0.783. The Kier molecular flexibility index (Phi) is 5.80. The van der Waals surface area contributed by atoms with Crippen LogP contribution in [0.2, 0.25) is 5.02 Å². The second kappa shape index (κ2) is 7.63. The van der Waals surface area contributed by atoms with E-state index in [-0.39, 0.29) is 10.7 Å². The van der Waals surface area contributed by atoms with Crippen molar-refractivity contribution in [1.82, 2.24) is 0 Å². The normalized spacial score (nSPS) is 11.1. The predicted molar refractivity (Wildman–Crippen MR) is 89.2 cm³/mol. The Morgan fingerprint density at radius 2 is 1.88 bits per heavy atom. The maximum absolute atomic E-state index is 13.8. The molecule has 0 bridgehead atoms. The van der Waals surface area contributed by atoms with Crippen LogP contribution in [0.25, 0.3) is 0 Å². The highest BCUT2D eigenvalue weighted by atomic mass is 35.5. The van der Waals surface area contributed by atoms with Gasteiger partial charge in [-0.05, 0) is 48.9 Å². The molecule has 128 valence electrons. The molecule has 0 aromatic heterocycles. The van der Waals surface area contributed by atoms with Crippen LogP contribution in [0.15, 0.2) is 47.4 Å². The first-order valence-corrected chi connectivity index (χ1v) is 8.94. The van der Waals surface area contributed by atoms with Crippen LogP contribution in [0, 0.1) is 5.82 Å². The van der Waals surface area contributed by atoms with E-state index in [0.29, 0.717) is 18.6 Å². The first kappa shape index (κ1) is 18.2. The molecule has 0 saturated heterocycles. The summed E-state index contributed by atoms with van der Waals surface area (Å²) in [4.78, 5) is 11.2. The van der Waals surface area contributed by atoms with Crippen LogP contribution in [-0.4, -0.2) is 21.0 Å². The minimum atomic E-state index is -4.11. The average molecular weight is 372 g/mol. The summed E-state index contributed by atoms with van der Waals surface area (Å²) in [6, 6.07) is 8.93. The molecule has 0 atom stereocenters. The molecule has 0 fully saturated rings. The number of carbonyl (C=O) groups is 1. The largest absolute Gasteiger partial charge is 0.462 e. The summed E-state index contributed by atoms with van der Waals surface area (Å²) in [6.07, 6.45) is 0.705. The predicted octanol–water partition coefficient (Wildman–Crippen LogP) is 3.85. The van der Waals surface area contributed by atoms with E-state index in [9.17, 15) is 17.6 Å². The van der Waals surface area contributed by atoms with E-state index in [2.05, 4.69) is 4.72 Å². The molecule has 2 aromatic carbocycles. The molecule has 0 unspecified atom stereocenters. The fraction of sp³-hybridized carbons (Fsp3) is 0.188. The molecule has 0 aliphatic heterocycles. The smallest absolute Gasteiger partial charge is 0.338 e. The molecule has 1 N–H and O–H groups in total. The van der Waals surface area contributed by atoms with Crippen molar-refractivity contribution >= 4 is 33.3 Å². The fourth-order valence-electron chi connectivity index (χ4n) is 1.86. The second-order valence-corrected chi connectivity index (χ2v) is 6.98. The third-order valence-electron chi connectivity index (χ3n) is 2.99. The highest BCUT2D eigenvalue weighted by Crippen LogP contribution is 2.22. The Morgan fingerprint density at radius 3 is 2.46 bits per heavy atom. The van der Waals surface area contributed by atoms with Gasteiger partial charge in [-0.2, -0.15) is 0 Å².